The smallest absolute Gasteiger partial charge is 0.335 e. The molecule has 0 aliphatic rings. The molecule has 0 saturated carbocycles. The van der Waals surface area contributed by atoms with Crippen molar-refractivity contribution in [3.05, 3.63) is 29.8 Å². The van der Waals surface area contributed by atoms with Crippen molar-refractivity contribution in [3.8, 4) is 0 Å². The van der Waals surface area contributed by atoms with E-state index in [2.05, 4.69) is 12.2 Å². The van der Waals surface area contributed by atoms with Gasteiger partial charge in [0.05, 0.1) is 5.56 Å². The Hall–Kier alpha value is -1.55. The minimum atomic E-state index is -0.914. The summed E-state index contributed by atoms with van der Waals surface area (Å²) in [6.07, 6.45) is 1.80. The van der Waals surface area contributed by atoms with Gasteiger partial charge in [-0.05, 0) is 36.6 Å². The van der Waals surface area contributed by atoms with Crippen LogP contribution in [0.15, 0.2) is 24.3 Å². The van der Waals surface area contributed by atoms with Gasteiger partial charge in [0.15, 0.2) is 0 Å². The number of carboxylic acids is 1. The van der Waals surface area contributed by atoms with E-state index < -0.39 is 5.97 Å². The van der Waals surface area contributed by atoms with Gasteiger partial charge in [0, 0.05) is 18.8 Å². The van der Waals surface area contributed by atoms with Gasteiger partial charge in [-0.2, -0.15) is 0 Å². The molecule has 4 nitrogen and oxygen atoms in total. The molecule has 1 rings (SSSR count). The van der Waals surface area contributed by atoms with Gasteiger partial charge in [-0.3, -0.25) is 0 Å². The van der Waals surface area contributed by atoms with E-state index in [1.165, 1.54) is 0 Å². The third kappa shape index (κ3) is 4.44. The minimum absolute atomic E-state index is 0.206. The average Bonchev–Trinajstić information content (AvgIpc) is 2.35. The number of carboxylic acid groups (broad SMARTS) is 1. The van der Waals surface area contributed by atoms with Crippen molar-refractivity contribution in [2.75, 3.05) is 18.5 Å². The van der Waals surface area contributed by atoms with Crippen LogP contribution in [0.25, 0.3) is 0 Å². The second-order valence-corrected chi connectivity index (χ2v) is 4.05. The normalized spacial score (nSPS) is 12.1. The van der Waals surface area contributed by atoms with Crippen molar-refractivity contribution in [2.45, 2.75) is 19.8 Å². The summed E-state index contributed by atoms with van der Waals surface area (Å²) in [4.78, 5) is 10.7. The summed E-state index contributed by atoms with van der Waals surface area (Å²) in [7, 11) is 0. The summed E-state index contributed by atoms with van der Waals surface area (Å²) in [6, 6.07) is 6.68. The average molecular weight is 237 g/mol. The first kappa shape index (κ1) is 13.5. The summed E-state index contributed by atoms with van der Waals surface area (Å²) in [6.45, 7) is 3.09. The molecule has 1 atom stereocenters. The number of aromatic carboxylic acids is 1. The van der Waals surface area contributed by atoms with E-state index in [4.69, 9.17) is 10.2 Å². The molecule has 0 aromatic heterocycles. The topological polar surface area (TPSA) is 69.6 Å². The number of nitrogens with one attached hydrogen (secondary N) is 1. The first-order valence-electron chi connectivity index (χ1n) is 5.85. The Morgan fingerprint density at radius 1 is 1.35 bits per heavy atom. The van der Waals surface area contributed by atoms with Crippen molar-refractivity contribution in [1.82, 2.24) is 0 Å². The van der Waals surface area contributed by atoms with Crippen molar-refractivity contribution in [2.24, 2.45) is 5.92 Å². The van der Waals surface area contributed by atoms with Gasteiger partial charge in [-0.25, -0.2) is 4.79 Å². The van der Waals surface area contributed by atoms with Crippen molar-refractivity contribution >= 4 is 11.7 Å². The molecule has 0 aliphatic carbocycles. The highest BCUT2D eigenvalue weighted by atomic mass is 16.4. The van der Waals surface area contributed by atoms with Crippen molar-refractivity contribution in [3.63, 3.8) is 0 Å². The van der Waals surface area contributed by atoms with Crippen LogP contribution in [0.4, 0.5) is 5.69 Å². The molecule has 0 bridgehead atoms. The maximum atomic E-state index is 10.7. The lowest BCUT2D eigenvalue weighted by Crippen LogP contribution is -2.15. The van der Waals surface area contributed by atoms with Gasteiger partial charge in [-0.15, -0.1) is 0 Å². The molecule has 17 heavy (non-hydrogen) atoms. The number of benzene rings is 1. The number of carbonyl (C=O) groups is 1. The van der Waals surface area contributed by atoms with Crippen LogP contribution in [0.2, 0.25) is 0 Å². The van der Waals surface area contributed by atoms with Crippen molar-refractivity contribution < 1.29 is 15.0 Å². The predicted octanol–water partition coefficient (Wildman–Crippen LogP) is 2.21. The van der Waals surface area contributed by atoms with Crippen molar-refractivity contribution in [1.29, 1.82) is 0 Å². The maximum Gasteiger partial charge on any atom is 0.335 e. The largest absolute Gasteiger partial charge is 0.478 e. The maximum absolute atomic E-state index is 10.7. The Kier molecular flexibility index (Phi) is 5.49. The quantitative estimate of drug-likeness (QED) is 0.680. The highest BCUT2D eigenvalue weighted by molar-refractivity contribution is 5.87. The lowest BCUT2D eigenvalue weighted by atomic mass is 10.0. The molecule has 1 aromatic carbocycles. The van der Waals surface area contributed by atoms with E-state index >= 15 is 0 Å². The first-order chi connectivity index (χ1) is 8.17. The zero-order valence-electron chi connectivity index (χ0n) is 10.0. The molecule has 3 N–H and O–H groups in total. The molecular weight excluding hydrogens is 218 g/mol. The summed E-state index contributed by atoms with van der Waals surface area (Å²) in [5.41, 5.74) is 1.20. The van der Waals surface area contributed by atoms with Gasteiger partial charge in [0.1, 0.15) is 0 Å². The summed E-state index contributed by atoms with van der Waals surface area (Å²) in [5.74, 6) is -0.470. The second kappa shape index (κ2) is 6.91. The molecule has 1 unspecified atom stereocenters. The number of aliphatic hydroxyl groups excluding tert-OH is 1. The van der Waals surface area contributed by atoms with E-state index in [0.717, 1.165) is 25.1 Å². The summed E-state index contributed by atoms with van der Waals surface area (Å²) >= 11 is 0. The fourth-order valence-corrected chi connectivity index (χ4v) is 1.63. The monoisotopic (exact) mass is 237 g/mol. The van der Waals surface area contributed by atoms with E-state index in [0.29, 0.717) is 5.92 Å². The molecule has 0 amide bonds. The Morgan fingerprint density at radius 3 is 2.47 bits per heavy atom. The number of rotatable bonds is 7. The highest BCUT2D eigenvalue weighted by Gasteiger charge is 2.06. The Morgan fingerprint density at radius 2 is 2.00 bits per heavy atom. The second-order valence-electron chi connectivity index (χ2n) is 4.05. The molecular formula is C13H19NO3. The lowest BCUT2D eigenvalue weighted by molar-refractivity contribution is 0.0697. The fourth-order valence-electron chi connectivity index (χ4n) is 1.63. The Bertz CT molecular complexity index is 348. The van der Waals surface area contributed by atoms with Crippen LogP contribution in [0, 0.1) is 5.92 Å². The molecule has 4 heteroatoms. The fraction of sp³-hybridized carbons (Fsp3) is 0.462. The van der Waals surface area contributed by atoms with Crippen LogP contribution >= 0.6 is 0 Å². The molecule has 0 aliphatic heterocycles. The van der Waals surface area contributed by atoms with Gasteiger partial charge in [0.2, 0.25) is 0 Å². The van der Waals surface area contributed by atoms with Gasteiger partial charge < -0.3 is 15.5 Å². The third-order valence-electron chi connectivity index (χ3n) is 2.84. The van der Waals surface area contributed by atoms with Crippen LogP contribution in [-0.2, 0) is 0 Å². The number of hydrogen-bond donors (Lipinski definition) is 3. The first-order valence-corrected chi connectivity index (χ1v) is 5.85. The zero-order valence-corrected chi connectivity index (χ0v) is 10.0. The van der Waals surface area contributed by atoms with E-state index in [1.54, 1.807) is 24.3 Å². The van der Waals surface area contributed by atoms with Crippen LogP contribution in [0.5, 0.6) is 0 Å². The van der Waals surface area contributed by atoms with Gasteiger partial charge >= 0.3 is 5.97 Å². The van der Waals surface area contributed by atoms with Gasteiger partial charge in [-0.1, -0.05) is 13.3 Å². The molecule has 0 fully saturated rings. The number of hydrogen-bond acceptors (Lipinski definition) is 3. The van der Waals surface area contributed by atoms with E-state index in [-0.39, 0.29) is 12.2 Å². The summed E-state index contributed by atoms with van der Waals surface area (Å²) in [5, 5.41) is 20.9. The highest BCUT2D eigenvalue weighted by Crippen LogP contribution is 2.13. The Labute approximate surface area is 101 Å². The Balaban J connectivity index is 2.48. The minimum Gasteiger partial charge on any atom is -0.478 e. The van der Waals surface area contributed by atoms with Crippen LogP contribution in [0.3, 0.4) is 0 Å². The van der Waals surface area contributed by atoms with Crippen LogP contribution in [0.1, 0.15) is 30.1 Å². The SMILES string of the molecule is CCC(CCO)CNc1ccc(C(=O)O)cc1. The summed E-state index contributed by atoms with van der Waals surface area (Å²) < 4.78 is 0. The molecule has 0 spiro atoms. The van der Waals surface area contributed by atoms with Crippen LogP contribution in [-0.4, -0.2) is 29.3 Å². The molecule has 94 valence electrons. The lowest BCUT2D eigenvalue weighted by Gasteiger charge is -2.15. The number of anilines is 1. The molecule has 0 saturated heterocycles. The third-order valence-corrected chi connectivity index (χ3v) is 2.84. The standard InChI is InChI=1S/C13H19NO3/c1-2-10(7-8-15)9-14-12-5-3-11(4-6-12)13(16)17/h3-6,10,14-15H,2,7-9H2,1H3,(H,16,17). The predicted molar refractivity (Wildman–Crippen MR) is 67.4 cm³/mol. The van der Waals surface area contributed by atoms with E-state index in [9.17, 15) is 4.79 Å². The molecule has 0 heterocycles. The van der Waals surface area contributed by atoms with Crippen LogP contribution < -0.4 is 5.32 Å². The zero-order chi connectivity index (χ0) is 12.7. The molecule has 0 radical (unpaired) electrons. The van der Waals surface area contributed by atoms with Gasteiger partial charge in [0.25, 0.3) is 0 Å². The van der Waals surface area contributed by atoms with E-state index in [1.807, 2.05) is 0 Å². The molecule has 1 aromatic rings. The number of aliphatic hydroxyl groups is 1.